The molecule has 0 radical (unpaired) electrons. The Morgan fingerprint density at radius 1 is 1.44 bits per heavy atom. The van der Waals surface area contributed by atoms with Crippen molar-refractivity contribution < 1.29 is 9.53 Å². The molecule has 0 aromatic carbocycles. The summed E-state index contributed by atoms with van der Waals surface area (Å²) in [4.78, 5) is 23.5. The number of aromatic nitrogens is 1. The van der Waals surface area contributed by atoms with E-state index in [1.807, 2.05) is 0 Å². The highest BCUT2D eigenvalue weighted by Gasteiger charge is 2.32. The van der Waals surface area contributed by atoms with Crippen molar-refractivity contribution in [2.75, 3.05) is 6.61 Å². The van der Waals surface area contributed by atoms with E-state index in [0.29, 0.717) is 6.61 Å². The Kier molecular flexibility index (Phi) is 3.52. The number of pyridine rings is 1. The molecule has 1 aromatic rings. The van der Waals surface area contributed by atoms with Crippen molar-refractivity contribution in [2.45, 2.75) is 33.2 Å². The van der Waals surface area contributed by atoms with E-state index in [1.165, 1.54) is 10.6 Å². The van der Waals surface area contributed by atoms with E-state index in [9.17, 15) is 9.59 Å². The van der Waals surface area contributed by atoms with Gasteiger partial charge in [0.1, 0.15) is 5.54 Å². The summed E-state index contributed by atoms with van der Waals surface area (Å²) >= 11 is 0. The summed E-state index contributed by atoms with van der Waals surface area (Å²) in [7, 11) is 0. The van der Waals surface area contributed by atoms with Crippen LogP contribution in [0.25, 0.3) is 0 Å². The first kappa shape index (κ1) is 12.5. The van der Waals surface area contributed by atoms with Crippen molar-refractivity contribution in [3.63, 3.8) is 0 Å². The maximum Gasteiger partial charge on any atom is 0.331 e. The Morgan fingerprint density at radius 2 is 2.06 bits per heavy atom. The maximum absolute atomic E-state index is 11.8. The van der Waals surface area contributed by atoms with Gasteiger partial charge in [-0.2, -0.15) is 0 Å². The molecule has 4 nitrogen and oxygen atoms in total. The number of carbonyl (C=O) groups excluding carboxylic acids is 1. The van der Waals surface area contributed by atoms with Gasteiger partial charge in [0.05, 0.1) is 6.61 Å². The van der Waals surface area contributed by atoms with Gasteiger partial charge in [-0.1, -0.05) is 6.07 Å². The lowest BCUT2D eigenvalue weighted by Crippen LogP contribution is -2.44. The minimum atomic E-state index is -0.974. The summed E-state index contributed by atoms with van der Waals surface area (Å²) in [6.45, 7) is 7.21. The summed E-state index contributed by atoms with van der Waals surface area (Å²) in [5, 5.41) is 0. The topological polar surface area (TPSA) is 48.3 Å². The third kappa shape index (κ3) is 2.15. The second kappa shape index (κ2) is 4.51. The van der Waals surface area contributed by atoms with Crippen LogP contribution in [0.15, 0.2) is 23.0 Å². The number of carbonyl (C=O) groups is 1. The molecule has 0 atom stereocenters. The van der Waals surface area contributed by atoms with E-state index in [-0.39, 0.29) is 5.56 Å². The second-order valence-corrected chi connectivity index (χ2v) is 4.12. The molecule has 0 N–H and O–H groups in total. The molecule has 0 aliphatic carbocycles. The van der Waals surface area contributed by atoms with E-state index >= 15 is 0 Å². The van der Waals surface area contributed by atoms with Crippen LogP contribution in [0.4, 0.5) is 0 Å². The largest absolute Gasteiger partial charge is 0.464 e. The van der Waals surface area contributed by atoms with Gasteiger partial charge in [-0.3, -0.25) is 9.36 Å². The summed E-state index contributed by atoms with van der Waals surface area (Å²) < 4.78 is 6.42. The molecular weight excluding hydrogens is 206 g/mol. The predicted octanol–water partition coefficient (Wildman–Crippen LogP) is 1.45. The minimum absolute atomic E-state index is 0.196. The summed E-state index contributed by atoms with van der Waals surface area (Å²) in [6, 6.07) is 4.91. The van der Waals surface area contributed by atoms with E-state index in [1.54, 1.807) is 39.8 Å². The number of aryl methyl sites for hydroxylation is 1. The van der Waals surface area contributed by atoms with Gasteiger partial charge in [0.2, 0.25) is 0 Å². The monoisotopic (exact) mass is 223 g/mol. The normalized spacial score (nSPS) is 11.2. The minimum Gasteiger partial charge on any atom is -0.464 e. The second-order valence-electron chi connectivity index (χ2n) is 4.12. The van der Waals surface area contributed by atoms with Crippen molar-refractivity contribution in [3.05, 3.63) is 34.2 Å². The van der Waals surface area contributed by atoms with Gasteiger partial charge >= 0.3 is 5.97 Å². The van der Waals surface area contributed by atoms with Crippen LogP contribution in [0, 0.1) is 6.92 Å². The zero-order chi connectivity index (χ0) is 12.3. The first-order valence-electron chi connectivity index (χ1n) is 5.27. The fraction of sp³-hybridized carbons (Fsp3) is 0.500. The zero-order valence-electron chi connectivity index (χ0n) is 10.1. The predicted molar refractivity (Wildman–Crippen MR) is 61.4 cm³/mol. The fourth-order valence-corrected chi connectivity index (χ4v) is 1.71. The molecule has 0 unspecified atom stereocenters. The lowest BCUT2D eigenvalue weighted by atomic mass is 10.0. The summed E-state index contributed by atoms with van der Waals surface area (Å²) in [5.41, 5.74) is -0.429. The standard InChI is InChI=1S/C12H17NO3/c1-5-16-11(15)12(3,4)13-9(2)7-6-8-10(13)14/h6-8H,5H2,1-4H3. The third-order valence-electron chi connectivity index (χ3n) is 2.48. The number of hydrogen-bond acceptors (Lipinski definition) is 3. The Morgan fingerprint density at radius 3 is 2.56 bits per heavy atom. The van der Waals surface area contributed by atoms with Crippen molar-refractivity contribution in [2.24, 2.45) is 0 Å². The van der Waals surface area contributed by atoms with Crippen molar-refractivity contribution >= 4 is 5.97 Å². The van der Waals surface area contributed by atoms with Crippen molar-refractivity contribution in [1.82, 2.24) is 4.57 Å². The number of ether oxygens (including phenoxy) is 1. The van der Waals surface area contributed by atoms with E-state index in [2.05, 4.69) is 0 Å². The lowest BCUT2D eigenvalue weighted by molar-refractivity contribution is -0.152. The van der Waals surface area contributed by atoms with Gasteiger partial charge in [-0.05, 0) is 33.8 Å². The molecule has 0 aliphatic rings. The van der Waals surface area contributed by atoms with E-state index < -0.39 is 11.5 Å². The van der Waals surface area contributed by atoms with E-state index in [4.69, 9.17) is 4.74 Å². The number of rotatable bonds is 3. The molecular formula is C12H17NO3. The average Bonchev–Trinajstić information content (AvgIpc) is 2.17. The fourth-order valence-electron chi connectivity index (χ4n) is 1.71. The molecule has 0 saturated heterocycles. The molecule has 0 amide bonds. The van der Waals surface area contributed by atoms with Crippen LogP contribution in [0.1, 0.15) is 26.5 Å². The van der Waals surface area contributed by atoms with Crippen molar-refractivity contribution in [3.8, 4) is 0 Å². The molecule has 0 spiro atoms. The molecule has 0 fully saturated rings. The highest BCUT2D eigenvalue weighted by Crippen LogP contribution is 2.16. The zero-order valence-corrected chi connectivity index (χ0v) is 10.1. The molecule has 16 heavy (non-hydrogen) atoms. The van der Waals surface area contributed by atoms with Crippen LogP contribution in [0.5, 0.6) is 0 Å². The summed E-state index contributed by atoms with van der Waals surface area (Å²) in [6.07, 6.45) is 0. The molecule has 1 heterocycles. The number of nitrogens with zero attached hydrogens (tertiary/aromatic N) is 1. The molecule has 1 rings (SSSR count). The van der Waals surface area contributed by atoms with Crippen LogP contribution in [0.2, 0.25) is 0 Å². The van der Waals surface area contributed by atoms with Crippen LogP contribution in [-0.4, -0.2) is 17.1 Å². The highest BCUT2D eigenvalue weighted by atomic mass is 16.5. The van der Waals surface area contributed by atoms with Crippen molar-refractivity contribution in [1.29, 1.82) is 0 Å². The van der Waals surface area contributed by atoms with Gasteiger partial charge in [0.15, 0.2) is 0 Å². The Bertz CT molecular complexity index is 446. The maximum atomic E-state index is 11.8. The molecule has 88 valence electrons. The van der Waals surface area contributed by atoms with Crippen LogP contribution >= 0.6 is 0 Å². The van der Waals surface area contributed by atoms with Gasteiger partial charge < -0.3 is 4.74 Å². The third-order valence-corrected chi connectivity index (χ3v) is 2.48. The quantitative estimate of drug-likeness (QED) is 0.729. The van der Waals surface area contributed by atoms with Crippen LogP contribution < -0.4 is 5.56 Å². The SMILES string of the molecule is CCOC(=O)C(C)(C)n1c(C)cccc1=O. The molecule has 1 aromatic heterocycles. The lowest BCUT2D eigenvalue weighted by Gasteiger charge is -2.26. The average molecular weight is 223 g/mol. The smallest absolute Gasteiger partial charge is 0.331 e. The number of hydrogen-bond donors (Lipinski definition) is 0. The van der Waals surface area contributed by atoms with E-state index in [0.717, 1.165) is 5.69 Å². The van der Waals surface area contributed by atoms with Gasteiger partial charge in [-0.15, -0.1) is 0 Å². The van der Waals surface area contributed by atoms with Gasteiger partial charge in [-0.25, -0.2) is 4.79 Å². The van der Waals surface area contributed by atoms with Crippen LogP contribution in [0.3, 0.4) is 0 Å². The first-order chi connectivity index (χ1) is 7.41. The summed E-state index contributed by atoms with van der Waals surface area (Å²) in [5.74, 6) is -0.397. The highest BCUT2D eigenvalue weighted by molar-refractivity contribution is 5.78. The Labute approximate surface area is 94.9 Å². The molecule has 4 heteroatoms. The molecule has 0 bridgehead atoms. The Hall–Kier alpha value is -1.58. The number of esters is 1. The Balaban J connectivity index is 3.26. The van der Waals surface area contributed by atoms with Gasteiger partial charge in [0.25, 0.3) is 5.56 Å². The molecule has 0 saturated carbocycles. The molecule has 0 aliphatic heterocycles. The van der Waals surface area contributed by atoms with Crippen LogP contribution in [-0.2, 0) is 15.1 Å². The first-order valence-corrected chi connectivity index (χ1v) is 5.27. The van der Waals surface area contributed by atoms with Gasteiger partial charge in [0, 0.05) is 11.8 Å².